The van der Waals surface area contributed by atoms with Gasteiger partial charge in [0.2, 0.25) is 0 Å². The third-order valence-electron chi connectivity index (χ3n) is 0.867. The number of hydrogen-bond donors (Lipinski definition) is 1. The van der Waals surface area contributed by atoms with Crippen LogP contribution < -0.4 is 0 Å². The topological polar surface area (TPSA) is 20.2 Å². The monoisotopic (exact) mass is 114 g/mol. The molecule has 8 heavy (non-hydrogen) atoms. The van der Waals surface area contributed by atoms with Crippen LogP contribution in [-0.2, 0) is 0 Å². The summed E-state index contributed by atoms with van der Waals surface area (Å²) in [6.45, 7) is 5.85. The van der Waals surface area contributed by atoms with Gasteiger partial charge in [0.1, 0.15) is 0 Å². The Morgan fingerprint density at radius 3 is 2.25 bits per heavy atom. The van der Waals surface area contributed by atoms with Gasteiger partial charge in [-0.2, -0.15) is 0 Å². The van der Waals surface area contributed by atoms with E-state index in [1.165, 1.54) is 5.57 Å². The summed E-state index contributed by atoms with van der Waals surface area (Å²) in [6.07, 6.45) is 2.62. The lowest BCUT2D eigenvalue weighted by molar-refractivity contribution is 0.198. The first kappa shape index (κ1) is 7.70. The van der Waals surface area contributed by atoms with Crippen LogP contribution in [0.2, 0.25) is 0 Å². The number of rotatable bonds is 2. The van der Waals surface area contributed by atoms with Crippen molar-refractivity contribution in [1.29, 1.82) is 0 Å². The molecule has 0 amide bonds. The Hall–Kier alpha value is -0.300. The van der Waals surface area contributed by atoms with Crippen LogP contribution in [0.4, 0.5) is 0 Å². The molecule has 0 spiro atoms. The molecule has 0 heterocycles. The van der Waals surface area contributed by atoms with Gasteiger partial charge in [-0.25, -0.2) is 0 Å². The fourth-order valence-electron chi connectivity index (χ4n) is 0.406. The maximum absolute atomic E-state index is 8.76. The summed E-state index contributed by atoms with van der Waals surface area (Å²) in [5.74, 6) is 0. The minimum Gasteiger partial charge on any atom is -0.393 e. The van der Waals surface area contributed by atoms with Crippen molar-refractivity contribution in [1.82, 2.24) is 0 Å². The van der Waals surface area contributed by atoms with Gasteiger partial charge in [-0.1, -0.05) is 11.6 Å². The molecular weight excluding hydrogens is 100 g/mol. The van der Waals surface area contributed by atoms with Gasteiger partial charge >= 0.3 is 0 Å². The molecule has 0 bridgehead atoms. The van der Waals surface area contributed by atoms with Gasteiger partial charge in [0, 0.05) is 0 Å². The fourth-order valence-corrected chi connectivity index (χ4v) is 0.406. The molecule has 0 aliphatic carbocycles. The van der Waals surface area contributed by atoms with E-state index in [-0.39, 0.29) is 6.10 Å². The molecule has 0 saturated carbocycles. The molecular formula is C7H14O. The van der Waals surface area contributed by atoms with Crippen LogP contribution in [0.1, 0.15) is 27.2 Å². The molecule has 0 fully saturated rings. The summed E-state index contributed by atoms with van der Waals surface area (Å²) in [7, 11) is 0. The van der Waals surface area contributed by atoms with Gasteiger partial charge in [-0.3, -0.25) is 0 Å². The molecule has 48 valence electrons. The van der Waals surface area contributed by atoms with Crippen molar-refractivity contribution in [2.75, 3.05) is 0 Å². The second kappa shape index (κ2) is 3.67. The van der Waals surface area contributed by atoms with Gasteiger partial charge in [0.15, 0.2) is 0 Å². The van der Waals surface area contributed by atoms with E-state index in [0.717, 1.165) is 6.42 Å². The van der Waals surface area contributed by atoms with Crippen LogP contribution in [0.15, 0.2) is 11.6 Å². The van der Waals surface area contributed by atoms with Crippen LogP contribution in [0.5, 0.6) is 0 Å². The molecule has 0 aromatic heterocycles. The predicted molar refractivity (Wildman–Crippen MR) is 35.7 cm³/mol. The molecule has 0 saturated heterocycles. The van der Waals surface area contributed by atoms with Crippen LogP contribution in [-0.4, -0.2) is 11.2 Å². The Bertz CT molecular complexity index is 78.4. The molecule has 0 rings (SSSR count). The molecule has 0 aromatic carbocycles. The predicted octanol–water partition coefficient (Wildman–Crippen LogP) is 1.72. The van der Waals surface area contributed by atoms with E-state index in [0.29, 0.717) is 0 Å². The molecule has 0 aliphatic heterocycles. The molecule has 1 N–H and O–H groups in total. The van der Waals surface area contributed by atoms with E-state index in [1.807, 2.05) is 19.9 Å². The third kappa shape index (κ3) is 5.70. The van der Waals surface area contributed by atoms with Crippen molar-refractivity contribution < 1.29 is 5.11 Å². The first-order chi connectivity index (χ1) is 3.63. The Kier molecular flexibility index (Phi) is 3.53. The maximum atomic E-state index is 8.76. The number of aliphatic hydroxyl groups is 1. The lowest BCUT2D eigenvalue weighted by Crippen LogP contribution is -1.95. The summed E-state index contributed by atoms with van der Waals surface area (Å²) < 4.78 is 0. The van der Waals surface area contributed by atoms with Gasteiger partial charge in [0.25, 0.3) is 0 Å². The molecule has 0 unspecified atom stereocenters. The molecule has 0 aliphatic rings. The Labute approximate surface area is 51.0 Å². The second-order valence-corrected chi connectivity index (χ2v) is 2.37. The van der Waals surface area contributed by atoms with E-state index in [2.05, 4.69) is 0 Å². The van der Waals surface area contributed by atoms with Crippen LogP contribution in [0.3, 0.4) is 0 Å². The van der Waals surface area contributed by atoms with Crippen molar-refractivity contribution in [3.63, 3.8) is 0 Å². The first-order valence-electron chi connectivity index (χ1n) is 2.94. The van der Waals surface area contributed by atoms with Gasteiger partial charge < -0.3 is 5.11 Å². The highest BCUT2D eigenvalue weighted by molar-refractivity contribution is 4.93. The Morgan fingerprint density at radius 2 is 2.12 bits per heavy atom. The first-order valence-corrected chi connectivity index (χ1v) is 2.94. The van der Waals surface area contributed by atoms with E-state index in [4.69, 9.17) is 5.11 Å². The van der Waals surface area contributed by atoms with Crippen molar-refractivity contribution in [2.45, 2.75) is 33.3 Å². The minimum atomic E-state index is -0.190. The zero-order chi connectivity index (χ0) is 6.57. The third-order valence-corrected chi connectivity index (χ3v) is 0.867. The van der Waals surface area contributed by atoms with Gasteiger partial charge in [-0.15, -0.1) is 0 Å². The highest BCUT2D eigenvalue weighted by Gasteiger charge is 1.88. The molecule has 1 nitrogen and oxygen atoms in total. The maximum Gasteiger partial charge on any atom is 0.0546 e. The zero-order valence-corrected chi connectivity index (χ0v) is 5.81. The average Bonchev–Trinajstić information content (AvgIpc) is 1.61. The van der Waals surface area contributed by atoms with Crippen molar-refractivity contribution in [3.8, 4) is 0 Å². The van der Waals surface area contributed by atoms with Crippen LogP contribution in [0, 0.1) is 0 Å². The molecule has 0 aromatic rings. The molecule has 1 heteroatoms. The normalized spacial score (nSPS) is 13.0. The van der Waals surface area contributed by atoms with E-state index < -0.39 is 0 Å². The molecule has 0 radical (unpaired) electrons. The van der Waals surface area contributed by atoms with E-state index in [9.17, 15) is 0 Å². The lowest BCUT2D eigenvalue weighted by Gasteiger charge is -1.96. The highest BCUT2D eigenvalue weighted by atomic mass is 16.3. The van der Waals surface area contributed by atoms with Crippen molar-refractivity contribution >= 4 is 0 Å². The quantitative estimate of drug-likeness (QED) is 0.542. The summed E-state index contributed by atoms with van der Waals surface area (Å²) >= 11 is 0. The summed E-state index contributed by atoms with van der Waals surface area (Å²) in [5, 5.41) is 8.76. The summed E-state index contributed by atoms with van der Waals surface area (Å²) in [6, 6.07) is 0. The fraction of sp³-hybridized carbons (Fsp3) is 0.714. The van der Waals surface area contributed by atoms with Crippen LogP contribution in [0.25, 0.3) is 0 Å². The number of allylic oxidation sites excluding steroid dienone is 1. The number of hydrogen-bond acceptors (Lipinski definition) is 1. The minimum absolute atomic E-state index is 0.190. The number of aliphatic hydroxyl groups excluding tert-OH is 1. The summed E-state index contributed by atoms with van der Waals surface area (Å²) in [5.41, 5.74) is 1.27. The van der Waals surface area contributed by atoms with E-state index >= 15 is 0 Å². The smallest absolute Gasteiger partial charge is 0.0546 e. The van der Waals surface area contributed by atoms with Crippen LogP contribution >= 0.6 is 0 Å². The lowest BCUT2D eigenvalue weighted by atomic mass is 10.2. The molecule has 1 atom stereocenters. The average molecular weight is 114 g/mol. The van der Waals surface area contributed by atoms with Gasteiger partial charge in [0.05, 0.1) is 6.10 Å². The second-order valence-electron chi connectivity index (χ2n) is 2.37. The highest BCUT2D eigenvalue weighted by Crippen LogP contribution is 1.95. The van der Waals surface area contributed by atoms with Gasteiger partial charge in [-0.05, 0) is 27.2 Å². The van der Waals surface area contributed by atoms with Crippen molar-refractivity contribution in [3.05, 3.63) is 11.6 Å². The zero-order valence-electron chi connectivity index (χ0n) is 5.81. The van der Waals surface area contributed by atoms with E-state index in [1.54, 1.807) is 6.92 Å². The Morgan fingerprint density at radius 1 is 1.62 bits per heavy atom. The SMILES string of the molecule is CC(C)=CC[C@H](C)O. The van der Waals surface area contributed by atoms with Crippen molar-refractivity contribution in [2.24, 2.45) is 0 Å². The standard InChI is InChI=1S/C7H14O/c1-6(2)4-5-7(3)8/h4,7-8H,5H2,1-3H3/t7-/m0/s1. The Balaban J connectivity index is 3.29. The summed E-state index contributed by atoms with van der Waals surface area (Å²) in [4.78, 5) is 0. The largest absolute Gasteiger partial charge is 0.393 e.